The van der Waals surface area contributed by atoms with Crippen LogP contribution in [-0.2, 0) is 6.54 Å². The Balaban J connectivity index is 2.11. The van der Waals surface area contributed by atoms with Crippen LogP contribution in [0.3, 0.4) is 0 Å². The first-order valence-electron chi connectivity index (χ1n) is 7.07. The van der Waals surface area contributed by atoms with Gasteiger partial charge in [-0.15, -0.1) is 0 Å². The molecule has 0 aliphatic carbocycles. The van der Waals surface area contributed by atoms with E-state index in [-0.39, 0.29) is 11.0 Å². The zero-order chi connectivity index (χ0) is 14.0. The number of hydrogen-bond donors (Lipinski definition) is 0. The van der Waals surface area contributed by atoms with Crippen molar-refractivity contribution in [1.82, 2.24) is 4.90 Å². The molecule has 1 fully saturated rings. The van der Waals surface area contributed by atoms with Gasteiger partial charge in [0.1, 0.15) is 11.6 Å². The Morgan fingerprint density at radius 3 is 2.47 bits per heavy atom. The molecule has 1 aliphatic heterocycles. The molecule has 0 spiro atoms. The summed E-state index contributed by atoms with van der Waals surface area (Å²) in [6, 6.07) is 4.09. The Morgan fingerprint density at radius 1 is 1.26 bits per heavy atom. The van der Waals surface area contributed by atoms with Crippen molar-refractivity contribution < 1.29 is 8.78 Å². The third-order valence-corrected chi connectivity index (χ3v) is 4.64. The summed E-state index contributed by atoms with van der Waals surface area (Å²) in [4.78, 5) is 2.19. The second-order valence-electron chi connectivity index (χ2n) is 6.32. The van der Waals surface area contributed by atoms with E-state index in [1.807, 2.05) is 0 Å². The number of hydrogen-bond acceptors (Lipinski definition) is 1. The van der Waals surface area contributed by atoms with Crippen LogP contribution in [0.25, 0.3) is 0 Å². The molecule has 1 saturated heterocycles. The average Bonchev–Trinajstić information content (AvgIpc) is 2.34. The van der Waals surface area contributed by atoms with Gasteiger partial charge in [0.25, 0.3) is 0 Å². The number of benzene rings is 1. The van der Waals surface area contributed by atoms with Crippen molar-refractivity contribution in [3.8, 4) is 0 Å². The number of piperidine rings is 1. The maximum atomic E-state index is 13.7. The van der Waals surface area contributed by atoms with Crippen LogP contribution in [0.1, 0.15) is 39.2 Å². The van der Waals surface area contributed by atoms with Gasteiger partial charge in [0.15, 0.2) is 0 Å². The second kappa shape index (κ2) is 5.58. The molecule has 1 heterocycles. The first-order chi connectivity index (χ1) is 8.92. The Bertz CT molecular complexity index is 424. The molecule has 1 aliphatic rings. The lowest BCUT2D eigenvalue weighted by Crippen LogP contribution is -2.44. The minimum Gasteiger partial charge on any atom is -0.298 e. The first-order valence-corrected chi connectivity index (χ1v) is 7.07. The van der Waals surface area contributed by atoms with Gasteiger partial charge in [-0.2, -0.15) is 0 Å². The molecular formula is C16H23F2N. The van der Waals surface area contributed by atoms with Crippen LogP contribution in [0.4, 0.5) is 8.78 Å². The predicted octanol–water partition coefficient (Wildman–Crippen LogP) is 4.22. The largest absolute Gasteiger partial charge is 0.298 e. The monoisotopic (exact) mass is 267 g/mol. The van der Waals surface area contributed by atoms with Crippen LogP contribution in [-0.4, -0.2) is 18.0 Å². The minimum atomic E-state index is -0.433. The highest BCUT2D eigenvalue weighted by Gasteiger charge is 2.34. The van der Waals surface area contributed by atoms with E-state index in [1.54, 1.807) is 0 Å². The van der Waals surface area contributed by atoms with Crippen molar-refractivity contribution in [2.75, 3.05) is 13.1 Å². The maximum absolute atomic E-state index is 13.7. The lowest BCUT2D eigenvalue weighted by Gasteiger charge is -2.43. The van der Waals surface area contributed by atoms with Gasteiger partial charge < -0.3 is 0 Å². The smallest absolute Gasteiger partial charge is 0.130 e. The van der Waals surface area contributed by atoms with Crippen molar-refractivity contribution in [3.05, 3.63) is 35.4 Å². The molecule has 1 unspecified atom stereocenters. The summed E-state index contributed by atoms with van der Waals surface area (Å²) in [7, 11) is 0. The first kappa shape index (κ1) is 14.4. The van der Waals surface area contributed by atoms with Crippen LogP contribution in [0.5, 0.6) is 0 Å². The van der Waals surface area contributed by atoms with E-state index in [0.717, 1.165) is 19.5 Å². The van der Waals surface area contributed by atoms with Crippen LogP contribution < -0.4 is 0 Å². The zero-order valence-corrected chi connectivity index (χ0v) is 12.0. The molecule has 106 valence electrons. The van der Waals surface area contributed by atoms with Crippen molar-refractivity contribution in [2.45, 2.75) is 40.2 Å². The molecule has 3 heteroatoms. The van der Waals surface area contributed by atoms with Crippen molar-refractivity contribution in [2.24, 2.45) is 11.3 Å². The molecule has 0 radical (unpaired) electrons. The van der Waals surface area contributed by atoms with Gasteiger partial charge >= 0.3 is 0 Å². The van der Waals surface area contributed by atoms with E-state index in [2.05, 4.69) is 25.7 Å². The van der Waals surface area contributed by atoms with E-state index in [9.17, 15) is 8.78 Å². The quantitative estimate of drug-likeness (QED) is 0.792. The van der Waals surface area contributed by atoms with Crippen LogP contribution in [0.15, 0.2) is 18.2 Å². The third-order valence-electron chi connectivity index (χ3n) is 4.64. The van der Waals surface area contributed by atoms with Gasteiger partial charge in [0, 0.05) is 18.7 Å². The summed E-state index contributed by atoms with van der Waals surface area (Å²) in [6.45, 7) is 8.96. The molecule has 0 aromatic heterocycles. The van der Waals surface area contributed by atoms with Crippen LogP contribution in [0.2, 0.25) is 0 Å². The summed E-state index contributed by atoms with van der Waals surface area (Å²) in [5, 5.41) is 0. The highest BCUT2D eigenvalue weighted by atomic mass is 19.1. The Kier molecular flexibility index (Phi) is 4.24. The topological polar surface area (TPSA) is 3.24 Å². The van der Waals surface area contributed by atoms with Gasteiger partial charge in [0.2, 0.25) is 0 Å². The molecule has 0 amide bonds. The van der Waals surface area contributed by atoms with Crippen molar-refractivity contribution in [3.63, 3.8) is 0 Å². The molecule has 1 aromatic rings. The summed E-state index contributed by atoms with van der Waals surface area (Å²) in [6.07, 6.45) is 2.30. The molecule has 19 heavy (non-hydrogen) atoms. The number of halogens is 2. The standard InChI is InChI=1S/C16H23F2N/c1-12(2)16(3)8-5-9-19(11-16)10-13-14(17)6-4-7-15(13)18/h4,6-7,12H,5,8-11H2,1-3H3. The van der Waals surface area contributed by atoms with Gasteiger partial charge in [0.05, 0.1) is 0 Å². The van der Waals surface area contributed by atoms with E-state index < -0.39 is 11.6 Å². The average molecular weight is 267 g/mol. The highest BCUT2D eigenvalue weighted by molar-refractivity contribution is 5.19. The van der Waals surface area contributed by atoms with Crippen LogP contribution in [0, 0.1) is 23.0 Å². The lowest BCUT2D eigenvalue weighted by molar-refractivity contribution is 0.0575. The Morgan fingerprint density at radius 2 is 1.89 bits per heavy atom. The molecule has 1 nitrogen and oxygen atoms in total. The Labute approximate surface area is 114 Å². The maximum Gasteiger partial charge on any atom is 0.130 e. The molecule has 1 aromatic carbocycles. The molecule has 0 N–H and O–H groups in total. The fraction of sp³-hybridized carbons (Fsp3) is 0.625. The van der Waals surface area contributed by atoms with E-state index in [1.165, 1.54) is 24.6 Å². The molecule has 1 atom stereocenters. The predicted molar refractivity (Wildman–Crippen MR) is 73.8 cm³/mol. The molecule has 2 rings (SSSR count). The number of likely N-dealkylation sites (tertiary alicyclic amines) is 1. The Hall–Kier alpha value is -0.960. The fourth-order valence-electron chi connectivity index (χ4n) is 2.89. The van der Waals surface area contributed by atoms with E-state index >= 15 is 0 Å². The van der Waals surface area contributed by atoms with Crippen molar-refractivity contribution in [1.29, 1.82) is 0 Å². The van der Waals surface area contributed by atoms with Gasteiger partial charge in [-0.1, -0.05) is 26.8 Å². The normalized spacial score (nSPS) is 24.9. The zero-order valence-electron chi connectivity index (χ0n) is 12.0. The van der Waals surface area contributed by atoms with Gasteiger partial charge in [-0.3, -0.25) is 4.90 Å². The van der Waals surface area contributed by atoms with Gasteiger partial charge in [-0.05, 0) is 42.9 Å². The lowest BCUT2D eigenvalue weighted by atomic mass is 9.73. The number of rotatable bonds is 3. The summed E-state index contributed by atoms with van der Waals surface area (Å²) in [5.41, 5.74) is 0.454. The third kappa shape index (κ3) is 3.14. The molecule has 0 saturated carbocycles. The van der Waals surface area contributed by atoms with Crippen LogP contribution >= 0.6 is 0 Å². The number of nitrogens with zero attached hydrogens (tertiary/aromatic N) is 1. The molecule has 0 bridgehead atoms. The van der Waals surface area contributed by atoms with Crippen molar-refractivity contribution >= 4 is 0 Å². The molecular weight excluding hydrogens is 244 g/mol. The van der Waals surface area contributed by atoms with E-state index in [0.29, 0.717) is 12.5 Å². The van der Waals surface area contributed by atoms with Gasteiger partial charge in [-0.25, -0.2) is 8.78 Å². The summed E-state index contributed by atoms with van der Waals surface area (Å²) < 4.78 is 27.4. The van der Waals surface area contributed by atoms with E-state index in [4.69, 9.17) is 0 Å². The fourth-order valence-corrected chi connectivity index (χ4v) is 2.89. The minimum absolute atomic E-state index is 0.204. The summed E-state index contributed by atoms with van der Waals surface area (Å²) >= 11 is 0. The SMILES string of the molecule is CC(C)C1(C)CCCN(Cc2c(F)cccc2F)C1. The highest BCUT2D eigenvalue weighted by Crippen LogP contribution is 2.37. The summed E-state index contributed by atoms with van der Waals surface area (Å²) in [5.74, 6) is -0.283. The second-order valence-corrected chi connectivity index (χ2v) is 6.32.